The van der Waals surface area contributed by atoms with Crippen LogP contribution in [0.5, 0.6) is 0 Å². The maximum absolute atomic E-state index is 11.0. The first-order valence-electron chi connectivity index (χ1n) is 4.84. The highest BCUT2D eigenvalue weighted by Crippen LogP contribution is 2.23. The summed E-state index contributed by atoms with van der Waals surface area (Å²) in [7, 11) is -2.66. The van der Waals surface area contributed by atoms with E-state index in [1.807, 2.05) is 0 Å². The molecule has 0 saturated heterocycles. The van der Waals surface area contributed by atoms with Crippen LogP contribution in [0.25, 0.3) is 0 Å². The molecule has 0 rings (SSSR count). The molecule has 0 aromatic rings. The van der Waals surface area contributed by atoms with Gasteiger partial charge in [0.2, 0.25) is 0 Å². The Kier molecular flexibility index (Phi) is 10.2. The second-order valence-electron chi connectivity index (χ2n) is 3.09. The van der Waals surface area contributed by atoms with Crippen molar-refractivity contribution >= 4 is 8.25 Å². The molecule has 0 aliphatic rings. The first-order chi connectivity index (χ1) is 7.60. The highest BCUT2D eigenvalue weighted by molar-refractivity contribution is 7.33. The second kappa shape index (κ2) is 10.2. The van der Waals surface area contributed by atoms with E-state index < -0.39 is 8.25 Å². The van der Waals surface area contributed by atoms with Crippen molar-refractivity contribution in [2.24, 2.45) is 0 Å². The summed E-state index contributed by atoms with van der Waals surface area (Å²) in [6, 6.07) is 0. The van der Waals surface area contributed by atoms with Crippen LogP contribution in [0.2, 0.25) is 0 Å². The summed E-state index contributed by atoms with van der Waals surface area (Å²) in [6.45, 7) is 2.59. The molecule has 0 aromatic heterocycles. The standard InChI is InChI=1S/C8H19O7P/c1-7(3-9)12-5-14-16(11)15-6-13-8(2)4-10/h7-10,16H,3-6H2,1-2H3. The lowest BCUT2D eigenvalue weighted by Crippen LogP contribution is -2.15. The molecule has 0 spiro atoms. The van der Waals surface area contributed by atoms with Gasteiger partial charge in [-0.2, -0.15) is 0 Å². The van der Waals surface area contributed by atoms with Crippen LogP contribution in [0, 0.1) is 0 Å². The molecular weight excluding hydrogens is 239 g/mol. The Hall–Kier alpha value is -0.0100. The number of aliphatic hydroxyl groups excluding tert-OH is 2. The van der Waals surface area contributed by atoms with Gasteiger partial charge >= 0.3 is 8.25 Å². The predicted molar refractivity (Wildman–Crippen MR) is 56.2 cm³/mol. The molecule has 0 aliphatic heterocycles. The van der Waals surface area contributed by atoms with Gasteiger partial charge in [-0.15, -0.1) is 0 Å². The molecule has 0 aromatic carbocycles. The SMILES string of the molecule is CC(CO)OCO[PH](=O)OCOC(C)CO. The Morgan fingerprint density at radius 3 is 1.69 bits per heavy atom. The van der Waals surface area contributed by atoms with Gasteiger partial charge in [0, 0.05) is 0 Å². The fourth-order valence-electron chi connectivity index (χ4n) is 0.544. The van der Waals surface area contributed by atoms with Crippen LogP contribution in [0.1, 0.15) is 13.8 Å². The largest absolute Gasteiger partial charge is 0.394 e. The number of hydrogen-bond donors (Lipinski definition) is 2. The lowest BCUT2D eigenvalue weighted by molar-refractivity contribution is -0.0711. The van der Waals surface area contributed by atoms with E-state index >= 15 is 0 Å². The van der Waals surface area contributed by atoms with E-state index in [-0.39, 0.29) is 39.0 Å². The molecule has 2 unspecified atom stereocenters. The van der Waals surface area contributed by atoms with Crippen LogP contribution in [0.4, 0.5) is 0 Å². The summed E-state index contributed by atoms with van der Waals surface area (Å²) in [4.78, 5) is 0. The molecule has 7 nitrogen and oxygen atoms in total. The smallest absolute Gasteiger partial charge is 0.323 e. The Labute approximate surface area is 95.2 Å². The van der Waals surface area contributed by atoms with Gasteiger partial charge in [0.15, 0.2) is 13.6 Å². The van der Waals surface area contributed by atoms with Gasteiger partial charge in [-0.1, -0.05) is 0 Å². The van der Waals surface area contributed by atoms with Crippen LogP contribution >= 0.6 is 8.25 Å². The molecule has 0 bridgehead atoms. The van der Waals surface area contributed by atoms with E-state index in [9.17, 15) is 4.57 Å². The first kappa shape index (κ1) is 16.0. The van der Waals surface area contributed by atoms with Gasteiger partial charge in [-0.05, 0) is 13.8 Å². The molecular formula is C8H19O7P. The van der Waals surface area contributed by atoms with Crippen molar-refractivity contribution in [2.75, 3.05) is 26.8 Å². The Morgan fingerprint density at radius 2 is 1.38 bits per heavy atom. The van der Waals surface area contributed by atoms with Crippen molar-refractivity contribution in [1.29, 1.82) is 0 Å². The van der Waals surface area contributed by atoms with E-state index in [4.69, 9.17) is 19.7 Å². The van der Waals surface area contributed by atoms with Crippen molar-refractivity contribution in [1.82, 2.24) is 0 Å². The van der Waals surface area contributed by atoms with Crippen molar-refractivity contribution < 1.29 is 33.3 Å². The predicted octanol–water partition coefficient (Wildman–Crippen LogP) is 0.119. The topological polar surface area (TPSA) is 94.5 Å². The third kappa shape index (κ3) is 9.23. The monoisotopic (exact) mass is 258 g/mol. The van der Waals surface area contributed by atoms with E-state index in [0.717, 1.165) is 0 Å². The number of hydrogen-bond acceptors (Lipinski definition) is 7. The highest BCUT2D eigenvalue weighted by Gasteiger charge is 2.04. The maximum Gasteiger partial charge on any atom is 0.323 e. The van der Waals surface area contributed by atoms with Gasteiger partial charge < -0.3 is 19.7 Å². The van der Waals surface area contributed by atoms with Gasteiger partial charge in [-0.3, -0.25) is 13.6 Å². The van der Waals surface area contributed by atoms with Gasteiger partial charge in [0.1, 0.15) is 0 Å². The third-order valence-corrected chi connectivity index (χ3v) is 2.28. The number of rotatable bonds is 10. The van der Waals surface area contributed by atoms with Crippen LogP contribution in [-0.2, 0) is 23.1 Å². The highest BCUT2D eigenvalue weighted by atomic mass is 31.1. The van der Waals surface area contributed by atoms with Crippen LogP contribution < -0.4 is 0 Å². The van der Waals surface area contributed by atoms with Gasteiger partial charge in [0.25, 0.3) is 0 Å². The molecule has 98 valence electrons. The van der Waals surface area contributed by atoms with E-state index in [1.165, 1.54) is 0 Å². The molecule has 16 heavy (non-hydrogen) atoms. The molecule has 0 saturated carbocycles. The summed E-state index contributed by atoms with van der Waals surface area (Å²) in [5.41, 5.74) is 0. The summed E-state index contributed by atoms with van der Waals surface area (Å²) in [6.07, 6.45) is -0.749. The molecule has 0 amide bonds. The van der Waals surface area contributed by atoms with E-state index in [2.05, 4.69) is 9.05 Å². The van der Waals surface area contributed by atoms with E-state index in [0.29, 0.717) is 0 Å². The van der Waals surface area contributed by atoms with Crippen LogP contribution in [-0.4, -0.2) is 49.2 Å². The summed E-state index contributed by atoms with van der Waals surface area (Å²) in [5.74, 6) is 0. The van der Waals surface area contributed by atoms with Gasteiger partial charge in [0.05, 0.1) is 25.4 Å². The van der Waals surface area contributed by atoms with Crippen molar-refractivity contribution in [2.45, 2.75) is 26.1 Å². The first-order valence-corrected chi connectivity index (χ1v) is 6.07. The average Bonchev–Trinajstić information content (AvgIpc) is 2.28. The molecule has 0 heterocycles. The lowest BCUT2D eigenvalue weighted by atomic mass is 10.4. The molecule has 0 fully saturated rings. The zero-order chi connectivity index (χ0) is 12.4. The minimum atomic E-state index is -2.66. The van der Waals surface area contributed by atoms with Crippen molar-refractivity contribution in [3.8, 4) is 0 Å². The fraction of sp³-hybridized carbons (Fsp3) is 1.00. The number of aliphatic hydroxyl groups is 2. The zero-order valence-corrected chi connectivity index (χ0v) is 10.4. The molecule has 0 aliphatic carbocycles. The van der Waals surface area contributed by atoms with Crippen LogP contribution in [0.15, 0.2) is 0 Å². The fourth-order valence-corrected chi connectivity index (χ4v) is 0.956. The molecule has 0 radical (unpaired) electrons. The minimum Gasteiger partial charge on any atom is -0.394 e. The van der Waals surface area contributed by atoms with Crippen molar-refractivity contribution in [3.05, 3.63) is 0 Å². The average molecular weight is 258 g/mol. The van der Waals surface area contributed by atoms with Gasteiger partial charge in [-0.25, -0.2) is 0 Å². The summed E-state index contributed by atoms with van der Waals surface area (Å²) in [5, 5.41) is 17.2. The van der Waals surface area contributed by atoms with Crippen molar-refractivity contribution in [3.63, 3.8) is 0 Å². The Balaban J connectivity index is 3.38. The van der Waals surface area contributed by atoms with Crippen LogP contribution in [0.3, 0.4) is 0 Å². The maximum atomic E-state index is 11.0. The molecule has 2 N–H and O–H groups in total. The Bertz CT molecular complexity index is 171. The number of ether oxygens (including phenoxy) is 2. The quantitative estimate of drug-likeness (QED) is 0.424. The van der Waals surface area contributed by atoms with E-state index in [1.54, 1.807) is 13.8 Å². The summed E-state index contributed by atoms with van der Waals surface area (Å²) >= 11 is 0. The summed E-state index contributed by atoms with van der Waals surface area (Å²) < 4.78 is 30.2. The minimum absolute atomic E-state index is 0.137. The zero-order valence-electron chi connectivity index (χ0n) is 9.42. The molecule has 2 atom stereocenters. The second-order valence-corrected chi connectivity index (χ2v) is 4.17. The normalized spacial score (nSPS) is 17.0. The Morgan fingerprint density at radius 1 is 1.00 bits per heavy atom. The lowest BCUT2D eigenvalue weighted by Gasteiger charge is -2.11. The third-order valence-electron chi connectivity index (χ3n) is 1.57. The molecule has 8 heteroatoms.